The van der Waals surface area contributed by atoms with Crippen LogP contribution in [0, 0.1) is 0 Å². The number of fused-ring (bicyclic) bond motifs is 1. The normalized spacial score (nSPS) is 15.0. The standard InChI is InChI=1S/C22H24ClN3O2S/c1-2-16-6-7-19-20(14-16)29-22(24-19)26(9-8-25-10-12-28-13-11-25)21(27)17-4-3-5-18(23)15-17/h3-7,14-15H,2,8-13H2,1H3. The van der Waals surface area contributed by atoms with Crippen molar-refractivity contribution in [2.45, 2.75) is 13.3 Å². The molecule has 5 nitrogen and oxygen atoms in total. The number of carbonyl (C=O) groups is 1. The average molecular weight is 430 g/mol. The van der Waals surface area contributed by atoms with Crippen molar-refractivity contribution in [1.29, 1.82) is 0 Å². The lowest BCUT2D eigenvalue weighted by Crippen LogP contribution is -2.43. The lowest BCUT2D eigenvalue weighted by atomic mass is 10.2. The minimum Gasteiger partial charge on any atom is -0.379 e. The van der Waals surface area contributed by atoms with Crippen LogP contribution in [0.15, 0.2) is 42.5 Å². The van der Waals surface area contributed by atoms with Gasteiger partial charge in [0.1, 0.15) is 0 Å². The zero-order valence-corrected chi connectivity index (χ0v) is 18.0. The van der Waals surface area contributed by atoms with Gasteiger partial charge in [-0.3, -0.25) is 14.6 Å². The second-order valence-corrected chi connectivity index (χ2v) is 8.52. The number of aryl methyl sites for hydroxylation is 1. The van der Waals surface area contributed by atoms with Gasteiger partial charge in [0.15, 0.2) is 5.13 Å². The first-order valence-electron chi connectivity index (χ1n) is 9.91. The molecule has 1 aliphatic heterocycles. The molecule has 3 aromatic rings. The number of amides is 1. The summed E-state index contributed by atoms with van der Waals surface area (Å²) in [5, 5.41) is 1.28. The molecular weight excluding hydrogens is 406 g/mol. The van der Waals surface area contributed by atoms with Gasteiger partial charge in [0.25, 0.3) is 5.91 Å². The number of anilines is 1. The summed E-state index contributed by atoms with van der Waals surface area (Å²) in [6, 6.07) is 13.4. The molecule has 7 heteroatoms. The summed E-state index contributed by atoms with van der Waals surface area (Å²) in [6.07, 6.45) is 0.978. The van der Waals surface area contributed by atoms with E-state index in [9.17, 15) is 4.79 Å². The number of thiazole rings is 1. The van der Waals surface area contributed by atoms with E-state index >= 15 is 0 Å². The van der Waals surface area contributed by atoms with Crippen LogP contribution in [-0.4, -0.2) is 55.2 Å². The van der Waals surface area contributed by atoms with Crippen LogP contribution >= 0.6 is 22.9 Å². The highest BCUT2D eigenvalue weighted by Crippen LogP contribution is 2.31. The van der Waals surface area contributed by atoms with Crippen LogP contribution in [0.3, 0.4) is 0 Å². The van der Waals surface area contributed by atoms with Gasteiger partial charge in [-0.1, -0.05) is 42.0 Å². The van der Waals surface area contributed by atoms with Gasteiger partial charge in [-0.2, -0.15) is 0 Å². The second-order valence-electron chi connectivity index (χ2n) is 7.07. The predicted molar refractivity (Wildman–Crippen MR) is 119 cm³/mol. The van der Waals surface area contributed by atoms with E-state index < -0.39 is 0 Å². The van der Waals surface area contributed by atoms with Crippen molar-refractivity contribution >= 4 is 44.2 Å². The Labute approximate surface area is 179 Å². The minimum atomic E-state index is -0.0736. The van der Waals surface area contributed by atoms with Crippen molar-refractivity contribution in [2.75, 3.05) is 44.3 Å². The molecule has 2 heterocycles. The van der Waals surface area contributed by atoms with Crippen LogP contribution < -0.4 is 4.90 Å². The molecule has 1 saturated heterocycles. The van der Waals surface area contributed by atoms with Crippen LogP contribution in [0.2, 0.25) is 5.02 Å². The molecule has 0 N–H and O–H groups in total. The maximum absolute atomic E-state index is 13.4. The summed E-state index contributed by atoms with van der Waals surface area (Å²) in [5.74, 6) is -0.0736. The molecule has 1 aromatic heterocycles. The quantitative estimate of drug-likeness (QED) is 0.579. The second kappa shape index (κ2) is 9.22. The molecule has 1 amide bonds. The number of hydrogen-bond acceptors (Lipinski definition) is 5. The number of halogens is 1. The Kier molecular flexibility index (Phi) is 6.45. The largest absolute Gasteiger partial charge is 0.379 e. The smallest absolute Gasteiger partial charge is 0.260 e. The van der Waals surface area contributed by atoms with Gasteiger partial charge in [0.2, 0.25) is 0 Å². The van der Waals surface area contributed by atoms with Crippen LogP contribution in [0.4, 0.5) is 5.13 Å². The van der Waals surface area contributed by atoms with E-state index in [0.29, 0.717) is 17.1 Å². The Morgan fingerprint density at radius 3 is 2.83 bits per heavy atom. The molecule has 152 valence electrons. The lowest BCUT2D eigenvalue weighted by molar-refractivity contribution is 0.0391. The van der Waals surface area contributed by atoms with E-state index in [2.05, 4.69) is 24.0 Å². The van der Waals surface area contributed by atoms with Crippen molar-refractivity contribution in [2.24, 2.45) is 0 Å². The highest BCUT2D eigenvalue weighted by Gasteiger charge is 2.23. The van der Waals surface area contributed by atoms with E-state index in [1.807, 2.05) is 12.1 Å². The number of nitrogens with zero attached hydrogens (tertiary/aromatic N) is 3. The van der Waals surface area contributed by atoms with Gasteiger partial charge in [0, 0.05) is 36.8 Å². The average Bonchev–Trinajstić information content (AvgIpc) is 3.17. The van der Waals surface area contributed by atoms with Gasteiger partial charge in [-0.15, -0.1) is 0 Å². The molecule has 1 aliphatic rings. The van der Waals surface area contributed by atoms with E-state index in [1.165, 1.54) is 5.56 Å². The molecule has 29 heavy (non-hydrogen) atoms. The van der Waals surface area contributed by atoms with Crippen molar-refractivity contribution < 1.29 is 9.53 Å². The van der Waals surface area contributed by atoms with E-state index in [-0.39, 0.29) is 5.91 Å². The lowest BCUT2D eigenvalue weighted by Gasteiger charge is -2.29. The van der Waals surface area contributed by atoms with Crippen LogP contribution in [0.5, 0.6) is 0 Å². The van der Waals surface area contributed by atoms with E-state index in [1.54, 1.807) is 34.4 Å². The molecule has 0 spiro atoms. The van der Waals surface area contributed by atoms with Crippen molar-refractivity contribution in [3.8, 4) is 0 Å². The molecule has 0 unspecified atom stereocenters. The van der Waals surface area contributed by atoms with Crippen LogP contribution in [-0.2, 0) is 11.2 Å². The number of benzene rings is 2. The molecule has 2 aromatic carbocycles. The van der Waals surface area contributed by atoms with Gasteiger partial charge >= 0.3 is 0 Å². The van der Waals surface area contributed by atoms with Crippen molar-refractivity contribution in [1.82, 2.24) is 9.88 Å². The number of rotatable bonds is 6. The fourth-order valence-corrected chi connectivity index (χ4v) is 4.66. The third-order valence-corrected chi connectivity index (χ3v) is 6.42. The maximum Gasteiger partial charge on any atom is 0.260 e. The number of hydrogen-bond donors (Lipinski definition) is 0. The molecule has 1 fully saturated rings. The number of aromatic nitrogens is 1. The number of carbonyl (C=O) groups excluding carboxylic acids is 1. The zero-order chi connectivity index (χ0) is 20.2. The predicted octanol–water partition coefficient (Wildman–Crippen LogP) is 4.49. The van der Waals surface area contributed by atoms with Crippen molar-refractivity contribution in [3.63, 3.8) is 0 Å². The SMILES string of the molecule is CCc1ccc2nc(N(CCN3CCOCC3)C(=O)c3cccc(Cl)c3)sc2c1. The highest BCUT2D eigenvalue weighted by molar-refractivity contribution is 7.22. The monoisotopic (exact) mass is 429 g/mol. The summed E-state index contributed by atoms with van der Waals surface area (Å²) < 4.78 is 6.54. The summed E-state index contributed by atoms with van der Waals surface area (Å²) >= 11 is 7.70. The molecular formula is C22H24ClN3O2S. The highest BCUT2D eigenvalue weighted by atomic mass is 35.5. The summed E-state index contributed by atoms with van der Waals surface area (Å²) in [5.41, 5.74) is 2.78. The first-order valence-corrected chi connectivity index (χ1v) is 11.1. The Hall–Kier alpha value is -1.99. The van der Waals surface area contributed by atoms with Gasteiger partial charge < -0.3 is 4.74 Å². The van der Waals surface area contributed by atoms with Crippen LogP contribution in [0.1, 0.15) is 22.8 Å². The Morgan fingerprint density at radius 2 is 2.07 bits per heavy atom. The Bertz CT molecular complexity index is 1000. The summed E-state index contributed by atoms with van der Waals surface area (Å²) in [7, 11) is 0. The molecule has 0 atom stereocenters. The minimum absolute atomic E-state index is 0.0736. The number of morpholine rings is 1. The first-order chi connectivity index (χ1) is 14.1. The fraction of sp³-hybridized carbons (Fsp3) is 0.364. The van der Waals surface area contributed by atoms with E-state index in [0.717, 1.165) is 54.6 Å². The van der Waals surface area contributed by atoms with Gasteiger partial charge in [-0.05, 0) is 42.3 Å². The summed E-state index contributed by atoms with van der Waals surface area (Å²) in [6.45, 7) is 6.75. The van der Waals surface area contributed by atoms with Gasteiger partial charge in [-0.25, -0.2) is 4.98 Å². The van der Waals surface area contributed by atoms with Gasteiger partial charge in [0.05, 0.1) is 23.4 Å². The van der Waals surface area contributed by atoms with Crippen LogP contribution in [0.25, 0.3) is 10.2 Å². The molecule has 0 saturated carbocycles. The summed E-state index contributed by atoms with van der Waals surface area (Å²) in [4.78, 5) is 22.2. The molecule has 0 radical (unpaired) electrons. The van der Waals surface area contributed by atoms with Crippen molar-refractivity contribution in [3.05, 3.63) is 58.6 Å². The maximum atomic E-state index is 13.4. The van der Waals surface area contributed by atoms with E-state index in [4.69, 9.17) is 21.3 Å². The zero-order valence-electron chi connectivity index (χ0n) is 16.4. The topological polar surface area (TPSA) is 45.7 Å². The third kappa shape index (κ3) is 4.78. The number of ether oxygens (including phenoxy) is 1. The molecule has 0 bridgehead atoms. The fourth-order valence-electron chi connectivity index (χ4n) is 3.42. The Balaban J connectivity index is 1.64. The third-order valence-electron chi connectivity index (χ3n) is 5.14. The molecule has 0 aliphatic carbocycles. The molecule has 4 rings (SSSR count). The Morgan fingerprint density at radius 1 is 1.24 bits per heavy atom. The first kappa shape index (κ1) is 20.3.